The summed E-state index contributed by atoms with van der Waals surface area (Å²) in [6, 6.07) is 11.6. The van der Waals surface area contributed by atoms with Gasteiger partial charge in [0.15, 0.2) is 0 Å². The van der Waals surface area contributed by atoms with Gasteiger partial charge in [-0.15, -0.1) is 11.3 Å². The van der Waals surface area contributed by atoms with E-state index >= 15 is 0 Å². The van der Waals surface area contributed by atoms with Gasteiger partial charge in [-0.05, 0) is 29.1 Å². The van der Waals surface area contributed by atoms with Gasteiger partial charge in [0.1, 0.15) is 17.9 Å². The average Bonchev–Trinajstić information content (AvgIpc) is 3.25. The number of hydrogen-bond donors (Lipinski definition) is 1. The maximum atomic E-state index is 12.8. The van der Waals surface area contributed by atoms with Crippen molar-refractivity contribution in [2.24, 2.45) is 0 Å². The van der Waals surface area contributed by atoms with E-state index in [4.69, 9.17) is 0 Å². The van der Waals surface area contributed by atoms with Crippen molar-refractivity contribution in [2.45, 2.75) is 26.4 Å². The summed E-state index contributed by atoms with van der Waals surface area (Å²) in [5.74, 6) is 0.511. The van der Waals surface area contributed by atoms with Gasteiger partial charge in [0, 0.05) is 17.4 Å². The van der Waals surface area contributed by atoms with Gasteiger partial charge in [0.25, 0.3) is 5.56 Å². The zero-order chi connectivity index (χ0) is 19.0. The predicted molar refractivity (Wildman–Crippen MR) is 110 cm³/mol. The van der Waals surface area contributed by atoms with E-state index in [0.717, 1.165) is 26.1 Å². The minimum absolute atomic E-state index is 0.106. The van der Waals surface area contributed by atoms with Gasteiger partial charge in [0.2, 0.25) is 5.91 Å². The third kappa shape index (κ3) is 3.30. The van der Waals surface area contributed by atoms with Crippen molar-refractivity contribution in [3.63, 3.8) is 0 Å². The Kier molecular flexibility index (Phi) is 4.84. The van der Waals surface area contributed by atoms with E-state index in [-0.39, 0.29) is 18.0 Å². The first-order valence-corrected chi connectivity index (χ1v) is 10.2. The van der Waals surface area contributed by atoms with Crippen molar-refractivity contribution >= 4 is 48.9 Å². The lowest BCUT2D eigenvalue weighted by molar-refractivity contribution is -0.122. The first-order chi connectivity index (χ1) is 13.1. The zero-order valence-electron chi connectivity index (χ0n) is 14.6. The highest BCUT2D eigenvalue weighted by atomic mass is 79.9. The van der Waals surface area contributed by atoms with E-state index < -0.39 is 0 Å². The van der Waals surface area contributed by atoms with Crippen LogP contribution in [0.4, 0.5) is 0 Å². The van der Waals surface area contributed by atoms with Crippen LogP contribution >= 0.6 is 27.3 Å². The fraction of sp³-hybridized carbons (Fsp3) is 0.211. The van der Waals surface area contributed by atoms with Gasteiger partial charge >= 0.3 is 0 Å². The first kappa shape index (κ1) is 17.9. The van der Waals surface area contributed by atoms with Crippen LogP contribution < -0.4 is 10.9 Å². The number of nitrogens with zero attached hydrogens (tertiary/aromatic N) is 3. The smallest absolute Gasteiger partial charge is 0.291 e. The molecule has 3 aromatic heterocycles. The SMILES string of the molecule is CCc1nn(CC(=O)NCc2ccccc2Br)c(=O)c2cc3sccc3n12. The molecule has 1 N–H and O–H groups in total. The monoisotopic (exact) mass is 444 g/mol. The largest absolute Gasteiger partial charge is 0.350 e. The van der Waals surface area contributed by atoms with E-state index in [2.05, 4.69) is 26.3 Å². The van der Waals surface area contributed by atoms with Crippen molar-refractivity contribution in [1.82, 2.24) is 19.5 Å². The van der Waals surface area contributed by atoms with E-state index in [9.17, 15) is 9.59 Å². The molecular weight excluding hydrogens is 428 g/mol. The molecule has 6 nitrogen and oxygen atoms in total. The number of nitrogens with one attached hydrogen (secondary N) is 1. The lowest BCUT2D eigenvalue weighted by atomic mass is 10.2. The molecule has 0 aliphatic carbocycles. The molecule has 0 aliphatic heterocycles. The summed E-state index contributed by atoms with van der Waals surface area (Å²) in [4.78, 5) is 25.2. The number of rotatable bonds is 5. The Labute approximate surface area is 167 Å². The first-order valence-electron chi connectivity index (χ1n) is 8.57. The van der Waals surface area contributed by atoms with E-state index in [1.807, 2.05) is 53.1 Å². The Balaban J connectivity index is 1.62. The summed E-state index contributed by atoms with van der Waals surface area (Å²) >= 11 is 5.05. The second kappa shape index (κ2) is 7.28. The number of halogens is 1. The summed E-state index contributed by atoms with van der Waals surface area (Å²) in [7, 11) is 0. The van der Waals surface area contributed by atoms with Gasteiger partial charge in [-0.3, -0.25) is 14.0 Å². The molecule has 0 radical (unpaired) electrons. The van der Waals surface area contributed by atoms with Crippen molar-refractivity contribution in [2.75, 3.05) is 0 Å². The summed E-state index contributed by atoms with van der Waals surface area (Å²) in [6.07, 6.45) is 0.662. The van der Waals surface area contributed by atoms with Crippen molar-refractivity contribution in [3.05, 3.63) is 68.0 Å². The number of benzene rings is 1. The Morgan fingerprint density at radius 3 is 2.85 bits per heavy atom. The van der Waals surface area contributed by atoms with E-state index in [1.54, 1.807) is 11.3 Å². The van der Waals surface area contributed by atoms with Crippen LogP contribution in [0, 0.1) is 0 Å². The number of aryl methyl sites for hydroxylation is 1. The zero-order valence-corrected chi connectivity index (χ0v) is 17.0. The molecule has 1 amide bonds. The molecule has 4 aromatic rings. The average molecular weight is 445 g/mol. The van der Waals surface area contributed by atoms with Gasteiger partial charge in [-0.1, -0.05) is 41.1 Å². The molecule has 0 bridgehead atoms. The highest BCUT2D eigenvalue weighted by Gasteiger charge is 2.15. The Bertz CT molecular complexity index is 1210. The van der Waals surface area contributed by atoms with Crippen molar-refractivity contribution in [1.29, 1.82) is 0 Å². The molecule has 8 heteroatoms. The maximum Gasteiger partial charge on any atom is 0.291 e. The van der Waals surface area contributed by atoms with Crippen LogP contribution in [0.25, 0.3) is 15.7 Å². The number of carbonyl (C=O) groups is 1. The molecule has 0 saturated carbocycles. The molecule has 1 aromatic carbocycles. The molecule has 0 unspecified atom stereocenters. The summed E-state index contributed by atoms with van der Waals surface area (Å²) in [5, 5.41) is 9.28. The van der Waals surface area contributed by atoms with Crippen molar-refractivity contribution < 1.29 is 4.79 Å². The van der Waals surface area contributed by atoms with Crippen LogP contribution in [0.2, 0.25) is 0 Å². The standard InChI is InChI=1S/C19H17BrN4O2S/c1-2-17-22-23(11-18(25)21-10-12-5-3-4-6-13(12)20)19(26)15-9-16-14(24(15)17)7-8-27-16/h3-9H,2,10-11H2,1H3,(H,21,25). The minimum atomic E-state index is -0.258. The summed E-state index contributed by atoms with van der Waals surface area (Å²) in [5.41, 5.74) is 2.26. The van der Waals surface area contributed by atoms with Crippen LogP contribution in [0.15, 0.2) is 51.0 Å². The van der Waals surface area contributed by atoms with Gasteiger partial charge in [0.05, 0.1) is 10.2 Å². The normalized spacial score (nSPS) is 11.3. The van der Waals surface area contributed by atoms with Gasteiger partial charge < -0.3 is 5.32 Å². The number of hydrogen-bond acceptors (Lipinski definition) is 4. The fourth-order valence-corrected chi connectivity index (χ4v) is 4.31. The van der Waals surface area contributed by atoms with Gasteiger partial charge in [-0.25, -0.2) is 4.68 Å². The van der Waals surface area contributed by atoms with E-state index in [1.165, 1.54) is 4.68 Å². The van der Waals surface area contributed by atoms with Crippen molar-refractivity contribution in [3.8, 4) is 0 Å². The number of aromatic nitrogens is 3. The van der Waals surface area contributed by atoms with Crippen LogP contribution in [0.3, 0.4) is 0 Å². The molecule has 0 aliphatic rings. The van der Waals surface area contributed by atoms with Crippen LogP contribution in [0.1, 0.15) is 18.3 Å². The Hall–Kier alpha value is -2.45. The number of carbonyl (C=O) groups excluding carboxylic acids is 1. The van der Waals surface area contributed by atoms with E-state index in [0.29, 0.717) is 18.5 Å². The molecule has 4 rings (SSSR count). The number of fused-ring (bicyclic) bond motifs is 3. The predicted octanol–water partition coefficient (Wildman–Crippen LogP) is 3.35. The molecule has 0 fully saturated rings. The topological polar surface area (TPSA) is 68.4 Å². The summed E-state index contributed by atoms with van der Waals surface area (Å²) in [6.45, 7) is 2.27. The quantitative estimate of drug-likeness (QED) is 0.513. The molecule has 27 heavy (non-hydrogen) atoms. The second-order valence-electron chi connectivity index (χ2n) is 6.14. The number of thiophene rings is 1. The lowest BCUT2D eigenvalue weighted by Gasteiger charge is -2.11. The fourth-order valence-electron chi connectivity index (χ4n) is 3.09. The summed E-state index contributed by atoms with van der Waals surface area (Å²) < 4.78 is 5.12. The minimum Gasteiger partial charge on any atom is -0.350 e. The third-order valence-corrected chi connectivity index (χ3v) is 6.04. The third-order valence-electron chi connectivity index (χ3n) is 4.41. The highest BCUT2D eigenvalue weighted by molar-refractivity contribution is 9.10. The molecule has 3 heterocycles. The van der Waals surface area contributed by atoms with Gasteiger partial charge in [-0.2, -0.15) is 5.10 Å². The van der Waals surface area contributed by atoms with Crippen LogP contribution in [-0.2, 0) is 24.3 Å². The molecular formula is C19H17BrN4O2S. The molecule has 0 saturated heterocycles. The molecule has 138 valence electrons. The Morgan fingerprint density at radius 2 is 2.07 bits per heavy atom. The molecule has 0 atom stereocenters. The maximum absolute atomic E-state index is 12.8. The highest BCUT2D eigenvalue weighted by Crippen LogP contribution is 2.24. The Morgan fingerprint density at radius 1 is 1.26 bits per heavy atom. The number of amides is 1. The molecule has 0 spiro atoms. The second-order valence-corrected chi connectivity index (χ2v) is 7.94. The van der Waals surface area contributed by atoms with Crippen LogP contribution in [0.5, 0.6) is 0 Å². The lowest BCUT2D eigenvalue weighted by Crippen LogP contribution is -2.35. The van der Waals surface area contributed by atoms with Crippen LogP contribution in [-0.4, -0.2) is 20.1 Å².